The van der Waals surface area contributed by atoms with Crippen LogP contribution in [0.5, 0.6) is 0 Å². The second-order valence-electron chi connectivity index (χ2n) is 5.58. The topological polar surface area (TPSA) is 142 Å². The molecule has 2 aliphatic rings. The lowest BCUT2D eigenvalue weighted by Crippen LogP contribution is -2.33. The van der Waals surface area contributed by atoms with Crippen molar-refractivity contribution in [1.29, 1.82) is 0 Å². The number of ether oxygens (including phenoxy) is 1. The number of nitrogens with two attached hydrogens (primary N) is 1. The third kappa shape index (κ3) is 1.86. The highest BCUT2D eigenvalue weighted by atomic mass is 16.6. The summed E-state index contributed by atoms with van der Waals surface area (Å²) >= 11 is 0. The van der Waals surface area contributed by atoms with Crippen molar-refractivity contribution >= 4 is 22.7 Å². The van der Waals surface area contributed by atoms with Crippen LogP contribution in [0.15, 0.2) is 17.6 Å². The monoisotopic (exact) mass is 320 g/mol. The number of hydrogen-bond donors (Lipinski definition) is 4. The smallest absolute Gasteiger partial charge is 0.164 e. The zero-order valence-electron chi connectivity index (χ0n) is 12.2. The average Bonchev–Trinajstić information content (AvgIpc) is 3.05. The second kappa shape index (κ2) is 4.86. The van der Waals surface area contributed by atoms with Gasteiger partial charge in [0.05, 0.1) is 12.0 Å². The zero-order valence-corrected chi connectivity index (χ0v) is 12.2. The fraction of sp³-hybridized carbons (Fsp3) is 0.462. The fourth-order valence-electron chi connectivity index (χ4n) is 3.07. The Balaban J connectivity index is 1.89. The molecule has 0 aromatic carbocycles. The number of nitrogens with zero attached hydrogens (tertiary/aromatic N) is 5. The van der Waals surface area contributed by atoms with Crippen LogP contribution in [0.25, 0.3) is 11.0 Å². The highest BCUT2D eigenvalue weighted by Gasteiger charge is 2.44. The van der Waals surface area contributed by atoms with Crippen LogP contribution in [0, 0.1) is 0 Å². The Labute approximate surface area is 130 Å². The molecule has 1 saturated heterocycles. The van der Waals surface area contributed by atoms with Crippen molar-refractivity contribution in [3.8, 4) is 0 Å². The number of aliphatic hydroxyl groups is 3. The summed E-state index contributed by atoms with van der Waals surface area (Å²) in [5.41, 5.74) is 7.10. The van der Waals surface area contributed by atoms with Gasteiger partial charge in [0.15, 0.2) is 17.9 Å². The Hall–Kier alpha value is -2.27. The summed E-state index contributed by atoms with van der Waals surface area (Å²) in [6, 6.07) is 0. The maximum atomic E-state index is 10.2. The third-order valence-electron chi connectivity index (χ3n) is 4.22. The van der Waals surface area contributed by atoms with Gasteiger partial charge in [-0.15, -0.1) is 0 Å². The summed E-state index contributed by atoms with van der Waals surface area (Å²) < 4.78 is 7.15. The molecule has 2 unspecified atom stereocenters. The van der Waals surface area contributed by atoms with Gasteiger partial charge in [0.1, 0.15) is 30.3 Å². The van der Waals surface area contributed by atoms with E-state index >= 15 is 0 Å². The van der Waals surface area contributed by atoms with E-state index in [0.29, 0.717) is 28.3 Å². The van der Waals surface area contributed by atoms with Gasteiger partial charge in [0.2, 0.25) is 0 Å². The second-order valence-corrected chi connectivity index (χ2v) is 5.58. The van der Waals surface area contributed by atoms with Crippen molar-refractivity contribution in [3.63, 3.8) is 0 Å². The van der Waals surface area contributed by atoms with Crippen LogP contribution in [0.3, 0.4) is 0 Å². The molecule has 0 bridgehead atoms. The largest absolute Gasteiger partial charge is 0.394 e. The molecule has 5 N–H and O–H groups in total. The first-order valence-corrected chi connectivity index (χ1v) is 7.09. The van der Waals surface area contributed by atoms with E-state index in [1.54, 1.807) is 22.8 Å². The first-order valence-electron chi connectivity index (χ1n) is 7.09. The molecule has 0 aliphatic carbocycles. The van der Waals surface area contributed by atoms with Crippen molar-refractivity contribution in [2.24, 2.45) is 10.8 Å². The van der Waals surface area contributed by atoms with Crippen LogP contribution in [0.1, 0.15) is 11.8 Å². The first kappa shape index (κ1) is 14.3. The molecule has 0 spiro atoms. The highest BCUT2D eigenvalue weighted by Crippen LogP contribution is 2.36. The SMILES string of the molecule is CN1N=C(N)c2cn([C@@H]3O[C@H](CO)C(O)C3O)c3ncnc1c23. The number of amidine groups is 1. The number of anilines is 1. The van der Waals surface area contributed by atoms with E-state index in [1.807, 2.05) is 0 Å². The van der Waals surface area contributed by atoms with Gasteiger partial charge >= 0.3 is 0 Å². The Morgan fingerprint density at radius 1 is 1.30 bits per heavy atom. The quantitative estimate of drug-likeness (QED) is 0.503. The van der Waals surface area contributed by atoms with E-state index in [0.717, 1.165) is 0 Å². The lowest BCUT2D eigenvalue weighted by atomic mass is 10.1. The lowest BCUT2D eigenvalue weighted by Gasteiger charge is -2.19. The standard InChI is InChI=1S/C13H16N6O4/c1-18-11-7-5(10(14)17-18)2-19(12(7)16-4-15-11)13-9(22)8(21)6(3-20)23-13/h2,4,6,8-9,13,20-22H,3H2,1H3,(H2,14,17)/t6-,8?,9?,13-/m1/s1. The molecule has 2 aromatic heterocycles. The minimum absolute atomic E-state index is 0.297. The van der Waals surface area contributed by atoms with Gasteiger partial charge in [0, 0.05) is 18.8 Å². The van der Waals surface area contributed by atoms with E-state index < -0.39 is 31.1 Å². The van der Waals surface area contributed by atoms with Crippen LogP contribution in [-0.4, -0.2) is 67.7 Å². The van der Waals surface area contributed by atoms with Gasteiger partial charge in [0.25, 0.3) is 0 Å². The third-order valence-corrected chi connectivity index (χ3v) is 4.22. The fourth-order valence-corrected chi connectivity index (χ4v) is 3.07. The van der Waals surface area contributed by atoms with E-state index in [-0.39, 0.29) is 0 Å². The summed E-state index contributed by atoms with van der Waals surface area (Å²) in [5, 5.41) is 35.9. The van der Waals surface area contributed by atoms with E-state index in [9.17, 15) is 15.3 Å². The molecule has 4 atom stereocenters. The molecule has 122 valence electrons. The molecule has 0 amide bonds. The predicted octanol–water partition coefficient (Wildman–Crippen LogP) is -1.89. The Kier molecular flexibility index (Phi) is 3.03. The lowest BCUT2D eigenvalue weighted by molar-refractivity contribution is -0.0508. The van der Waals surface area contributed by atoms with Crippen LogP contribution in [-0.2, 0) is 4.74 Å². The van der Waals surface area contributed by atoms with Gasteiger partial charge in [-0.05, 0) is 0 Å². The molecule has 1 fully saturated rings. The number of hydrazone groups is 1. The Bertz CT molecular complexity index is 805. The first-order chi connectivity index (χ1) is 11.0. The molecule has 4 heterocycles. The number of hydrogen-bond acceptors (Lipinski definition) is 9. The number of rotatable bonds is 2. The number of aliphatic hydroxyl groups excluding tert-OH is 3. The molecule has 4 rings (SSSR count). The molecular weight excluding hydrogens is 304 g/mol. The molecule has 0 radical (unpaired) electrons. The molecule has 10 nitrogen and oxygen atoms in total. The summed E-state index contributed by atoms with van der Waals surface area (Å²) in [7, 11) is 1.72. The van der Waals surface area contributed by atoms with E-state index in [4.69, 9.17) is 10.5 Å². The molecule has 2 aromatic rings. The van der Waals surface area contributed by atoms with Crippen LogP contribution in [0.4, 0.5) is 5.82 Å². The van der Waals surface area contributed by atoms with Crippen LogP contribution < -0.4 is 10.7 Å². The predicted molar refractivity (Wildman–Crippen MR) is 79.7 cm³/mol. The van der Waals surface area contributed by atoms with Crippen LogP contribution in [0.2, 0.25) is 0 Å². The number of aromatic nitrogens is 3. The maximum Gasteiger partial charge on any atom is 0.164 e. The molecule has 2 aliphatic heterocycles. The van der Waals surface area contributed by atoms with Crippen molar-refractivity contribution in [2.75, 3.05) is 18.7 Å². The maximum absolute atomic E-state index is 10.2. The highest BCUT2D eigenvalue weighted by molar-refractivity contribution is 6.13. The minimum Gasteiger partial charge on any atom is -0.394 e. The Morgan fingerprint density at radius 2 is 2.09 bits per heavy atom. The zero-order chi connectivity index (χ0) is 16.3. The summed E-state index contributed by atoms with van der Waals surface area (Å²) in [6.07, 6.45) is -1.10. The molecule has 10 heteroatoms. The van der Waals surface area contributed by atoms with Gasteiger partial charge in [-0.1, -0.05) is 0 Å². The Morgan fingerprint density at radius 3 is 2.78 bits per heavy atom. The van der Waals surface area contributed by atoms with E-state index in [2.05, 4.69) is 15.1 Å². The van der Waals surface area contributed by atoms with Crippen molar-refractivity contribution in [3.05, 3.63) is 18.1 Å². The van der Waals surface area contributed by atoms with Crippen LogP contribution >= 0.6 is 0 Å². The summed E-state index contributed by atoms with van der Waals surface area (Å²) in [5.74, 6) is 0.884. The van der Waals surface area contributed by atoms with Gasteiger partial charge in [-0.25, -0.2) is 15.0 Å². The molecule has 0 saturated carbocycles. The van der Waals surface area contributed by atoms with Crippen molar-refractivity contribution < 1.29 is 20.1 Å². The van der Waals surface area contributed by atoms with Crippen molar-refractivity contribution in [2.45, 2.75) is 24.5 Å². The van der Waals surface area contributed by atoms with Gasteiger partial charge in [-0.3, -0.25) is 0 Å². The normalized spacial score (nSPS) is 30.1. The molecule has 23 heavy (non-hydrogen) atoms. The average molecular weight is 320 g/mol. The molecular formula is C13H16N6O4. The van der Waals surface area contributed by atoms with Gasteiger partial charge in [-0.2, -0.15) is 5.10 Å². The summed E-state index contributed by atoms with van der Waals surface area (Å²) in [6.45, 7) is -0.395. The van der Waals surface area contributed by atoms with Crippen molar-refractivity contribution in [1.82, 2.24) is 14.5 Å². The van der Waals surface area contributed by atoms with Gasteiger partial charge < -0.3 is 30.4 Å². The minimum atomic E-state index is -1.20. The van der Waals surface area contributed by atoms with E-state index in [1.165, 1.54) is 6.33 Å². The summed E-state index contributed by atoms with van der Waals surface area (Å²) in [4.78, 5) is 8.45.